The molecule has 1 saturated heterocycles. The second-order valence-electron chi connectivity index (χ2n) is 5.26. The number of carbonyl (C=O) groups is 3. The lowest BCUT2D eigenvalue weighted by Crippen LogP contribution is -2.64. The average molecular weight is 291 g/mol. The standard InChI is InChI=1S/C14H17N3O4/c1-14(2)13(20)16-10(18)7-17(14)11-8(12(19)21-3)5-4-6-9(11)15/h4-6H,7,15H2,1-3H3,(H,16,18,20). The number of benzene rings is 1. The van der Waals surface area contributed by atoms with Crippen LogP contribution in [-0.2, 0) is 14.3 Å². The maximum atomic E-state index is 12.0. The molecule has 1 aromatic carbocycles. The molecule has 0 bridgehead atoms. The Labute approximate surface area is 122 Å². The van der Waals surface area contributed by atoms with Crippen molar-refractivity contribution in [1.29, 1.82) is 0 Å². The van der Waals surface area contributed by atoms with Gasteiger partial charge in [0, 0.05) is 0 Å². The fourth-order valence-corrected chi connectivity index (χ4v) is 2.28. The number of para-hydroxylation sites is 1. The summed E-state index contributed by atoms with van der Waals surface area (Å²) in [6.45, 7) is 3.24. The number of hydrogen-bond donors (Lipinski definition) is 2. The fourth-order valence-electron chi connectivity index (χ4n) is 2.28. The highest BCUT2D eigenvalue weighted by Gasteiger charge is 2.43. The van der Waals surface area contributed by atoms with Crippen LogP contribution >= 0.6 is 0 Å². The first-order chi connectivity index (χ1) is 9.78. The summed E-state index contributed by atoms with van der Waals surface area (Å²) in [5, 5.41) is 2.27. The number of piperazine rings is 1. The minimum absolute atomic E-state index is 0.0725. The Kier molecular flexibility index (Phi) is 3.59. The number of carbonyl (C=O) groups excluding carboxylic acids is 3. The van der Waals surface area contributed by atoms with E-state index < -0.39 is 23.3 Å². The van der Waals surface area contributed by atoms with E-state index in [1.165, 1.54) is 12.0 Å². The molecule has 2 amide bonds. The maximum Gasteiger partial charge on any atom is 0.340 e. The first kappa shape index (κ1) is 14.8. The first-order valence-electron chi connectivity index (χ1n) is 6.37. The Hall–Kier alpha value is -2.57. The number of nitrogen functional groups attached to an aromatic ring is 1. The molecule has 0 unspecified atom stereocenters. The normalized spacial score (nSPS) is 17.4. The van der Waals surface area contributed by atoms with Crippen LogP contribution < -0.4 is 16.0 Å². The summed E-state index contributed by atoms with van der Waals surface area (Å²) in [5.41, 5.74) is 5.79. The molecule has 1 heterocycles. The van der Waals surface area contributed by atoms with Crippen LogP contribution in [-0.4, -0.2) is 37.0 Å². The number of nitrogens with two attached hydrogens (primary N) is 1. The Morgan fingerprint density at radius 2 is 2.05 bits per heavy atom. The van der Waals surface area contributed by atoms with E-state index in [1.54, 1.807) is 32.0 Å². The average Bonchev–Trinajstić information content (AvgIpc) is 2.42. The van der Waals surface area contributed by atoms with Gasteiger partial charge in [-0.3, -0.25) is 14.9 Å². The fraction of sp³-hybridized carbons (Fsp3) is 0.357. The van der Waals surface area contributed by atoms with Crippen LogP contribution in [0.15, 0.2) is 18.2 Å². The zero-order chi connectivity index (χ0) is 15.8. The van der Waals surface area contributed by atoms with Crippen LogP contribution in [0, 0.1) is 0 Å². The van der Waals surface area contributed by atoms with E-state index in [9.17, 15) is 14.4 Å². The van der Waals surface area contributed by atoms with Crippen molar-refractivity contribution in [2.24, 2.45) is 0 Å². The van der Waals surface area contributed by atoms with E-state index in [0.29, 0.717) is 11.4 Å². The van der Waals surface area contributed by atoms with Gasteiger partial charge >= 0.3 is 5.97 Å². The van der Waals surface area contributed by atoms with Gasteiger partial charge in [0.2, 0.25) is 5.91 Å². The van der Waals surface area contributed by atoms with Gasteiger partial charge in [-0.2, -0.15) is 0 Å². The van der Waals surface area contributed by atoms with Crippen molar-refractivity contribution < 1.29 is 19.1 Å². The molecule has 0 saturated carbocycles. The van der Waals surface area contributed by atoms with Crippen molar-refractivity contribution in [3.05, 3.63) is 23.8 Å². The van der Waals surface area contributed by atoms with Crippen molar-refractivity contribution in [2.75, 3.05) is 24.3 Å². The number of anilines is 2. The molecule has 0 aromatic heterocycles. The lowest BCUT2D eigenvalue weighted by Gasteiger charge is -2.42. The highest BCUT2D eigenvalue weighted by Crippen LogP contribution is 2.34. The van der Waals surface area contributed by atoms with E-state index >= 15 is 0 Å². The van der Waals surface area contributed by atoms with Crippen LogP contribution in [0.3, 0.4) is 0 Å². The van der Waals surface area contributed by atoms with E-state index in [1.807, 2.05) is 0 Å². The smallest absolute Gasteiger partial charge is 0.340 e. The third kappa shape index (κ3) is 2.42. The molecule has 2 rings (SSSR count). The lowest BCUT2D eigenvalue weighted by atomic mass is 9.95. The van der Waals surface area contributed by atoms with E-state index in [0.717, 1.165) is 0 Å². The van der Waals surface area contributed by atoms with Gasteiger partial charge in [-0.15, -0.1) is 0 Å². The van der Waals surface area contributed by atoms with Gasteiger partial charge in [0.25, 0.3) is 5.91 Å². The molecule has 1 aliphatic heterocycles. The molecule has 7 nitrogen and oxygen atoms in total. The number of ether oxygens (including phenoxy) is 1. The van der Waals surface area contributed by atoms with Gasteiger partial charge in [-0.1, -0.05) is 6.07 Å². The summed E-state index contributed by atoms with van der Waals surface area (Å²) >= 11 is 0. The van der Waals surface area contributed by atoms with Crippen LogP contribution in [0.4, 0.5) is 11.4 Å². The van der Waals surface area contributed by atoms with Gasteiger partial charge in [-0.05, 0) is 26.0 Å². The molecule has 1 aliphatic rings. The summed E-state index contributed by atoms with van der Waals surface area (Å²) in [4.78, 5) is 37.2. The molecule has 21 heavy (non-hydrogen) atoms. The summed E-state index contributed by atoms with van der Waals surface area (Å²) in [7, 11) is 1.26. The minimum Gasteiger partial charge on any atom is -0.465 e. The quantitative estimate of drug-likeness (QED) is 0.461. The highest BCUT2D eigenvalue weighted by molar-refractivity contribution is 6.09. The molecule has 7 heteroatoms. The number of hydrogen-bond acceptors (Lipinski definition) is 6. The third-order valence-electron chi connectivity index (χ3n) is 3.53. The summed E-state index contributed by atoms with van der Waals surface area (Å²) in [6.07, 6.45) is 0. The molecular weight excluding hydrogens is 274 g/mol. The minimum atomic E-state index is -1.02. The SMILES string of the molecule is COC(=O)c1cccc(N)c1N1CC(=O)NC(=O)C1(C)C. The van der Waals surface area contributed by atoms with Gasteiger partial charge in [-0.25, -0.2) is 4.79 Å². The first-order valence-corrected chi connectivity index (χ1v) is 6.37. The van der Waals surface area contributed by atoms with Crippen LogP contribution in [0.1, 0.15) is 24.2 Å². The van der Waals surface area contributed by atoms with Crippen molar-refractivity contribution in [3.63, 3.8) is 0 Å². The Morgan fingerprint density at radius 1 is 1.38 bits per heavy atom. The second-order valence-corrected chi connectivity index (χ2v) is 5.26. The van der Waals surface area contributed by atoms with Gasteiger partial charge < -0.3 is 15.4 Å². The van der Waals surface area contributed by atoms with E-state index in [-0.39, 0.29) is 12.1 Å². The lowest BCUT2D eigenvalue weighted by molar-refractivity contribution is -0.135. The van der Waals surface area contributed by atoms with Gasteiger partial charge in [0.15, 0.2) is 0 Å². The van der Waals surface area contributed by atoms with E-state index in [2.05, 4.69) is 5.32 Å². The molecule has 3 N–H and O–H groups in total. The molecule has 1 aromatic rings. The molecule has 0 radical (unpaired) electrons. The number of rotatable bonds is 2. The Bertz CT molecular complexity index is 625. The molecule has 1 fully saturated rings. The van der Waals surface area contributed by atoms with Crippen LogP contribution in [0.5, 0.6) is 0 Å². The number of imide groups is 1. The third-order valence-corrected chi connectivity index (χ3v) is 3.53. The maximum absolute atomic E-state index is 12.0. The number of amides is 2. The number of nitrogens with zero attached hydrogens (tertiary/aromatic N) is 1. The Balaban J connectivity index is 2.61. The van der Waals surface area contributed by atoms with Crippen molar-refractivity contribution in [3.8, 4) is 0 Å². The molecular formula is C14H17N3O4. The Morgan fingerprint density at radius 3 is 2.67 bits per heavy atom. The monoisotopic (exact) mass is 291 g/mol. The topological polar surface area (TPSA) is 102 Å². The zero-order valence-corrected chi connectivity index (χ0v) is 12.1. The number of nitrogens with one attached hydrogen (secondary N) is 1. The van der Waals surface area contributed by atoms with Crippen molar-refractivity contribution in [1.82, 2.24) is 5.32 Å². The van der Waals surface area contributed by atoms with Crippen molar-refractivity contribution in [2.45, 2.75) is 19.4 Å². The second kappa shape index (κ2) is 5.08. The largest absolute Gasteiger partial charge is 0.465 e. The van der Waals surface area contributed by atoms with Crippen molar-refractivity contribution >= 4 is 29.2 Å². The summed E-state index contributed by atoms with van der Waals surface area (Å²) in [5.74, 6) is -1.47. The molecule has 0 spiro atoms. The summed E-state index contributed by atoms with van der Waals surface area (Å²) in [6, 6.07) is 4.77. The predicted octanol–water partition coefficient (Wildman–Crippen LogP) is 0.297. The molecule has 0 atom stereocenters. The van der Waals surface area contributed by atoms with Crippen LogP contribution in [0.2, 0.25) is 0 Å². The number of methoxy groups -OCH3 is 1. The number of esters is 1. The summed E-state index contributed by atoms with van der Waals surface area (Å²) < 4.78 is 4.74. The van der Waals surface area contributed by atoms with E-state index in [4.69, 9.17) is 10.5 Å². The van der Waals surface area contributed by atoms with Gasteiger partial charge in [0.05, 0.1) is 30.6 Å². The highest BCUT2D eigenvalue weighted by atomic mass is 16.5. The van der Waals surface area contributed by atoms with Crippen LogP contribution in [0.25, 0.3) is 0 Å². The predicted molar refractivity (Wildman–Crippen MR) is 76.8 cm³/mol. The zero-order valence-electron chi connectivity index (χ0n) is 12.1. The molecule has 112 valence electrons. The van der Waals surface area contributed by atoms with Gasteiger partial charge in [0.1, 0.15) is 5.54 Å². The molecule has 0 aliphatic carbocycles.